The number of nitrogens with one attached hydrogen (secondary N) is 1. The summed E-state index contributed by atoms with van der Waals surface area (Å²) in [6.07, 6.45) is 2.96. The number of nitro groups is 2. The van der Waals surface area contributed by atoms with E-state index in [9.17, 15) is 29.0 Å². The van der Waals surface area contributed by atoms with E-state index in [-0.39, 0.29) is 34.0 Å². The minimum atomic E-state index is -0.519. The van der Waals surface area contributed by atoms with Gasteiger partial charge in [0.25, 0.3) is 11.4 Å². The second kappa shape index (κ2) is 16.1. The number of nitrogens with zero attached hydrogens (tertiary/aromatic N) is 4. The van der Waals surface area contributed by atoms with Gasteiger partial charge < -0.3 is 11.1 Å². The molecule has 0 atom stereocenters. The predicted molar refractivity (Wildman–Crippen MR) is 189 cm³/mol. The molecule has 10 nitrogen and oxygen atoms in total. The highest BCUT2D eigenvalue weighted by Gasteiger charge is 2.18. The molecule has 3 N–H and O–H groups in total. The van der Waals surface area contributed by atoms with Crippen LogP contribution in [0.5, 0.6) is 0 Å². The average Bonchev–Trinajstić information content (AvgIpc) is 3.01. The molecule has 2 aromatic heterocycles. The first kappa shape index (κ1) is 37.3. The number of nitro benzene ring substituents is 2. The molecule has 248 valence electrons. The summed E-state index contributed by atoms with van der Waals surface area (Å²) in [5.74, 6) is -0.520. The second-order valence-corrected chi connectivity index (χ2v) is 11.0. The van der Waals surface area contributed by atoms with Crippen molar-refractivity contribution >= 4 is 84.9 Å². The van der Waals surface area contributed by atoms with Crippen LogP contribution < -0.4 is 11.1 Å². The number of benzene rings is 4. The van der Waals surface area contributed by atoms with Crippen molar-refractivity contribution in [2.45, 2.75) is 21.3 Å². The van der Waals surface area contributed by atoms with Gasteiger partial charge in [-0.3, -0.25) is 20.2 Å². The minimum Gasteiger partial charge on any atom is -0.399 e. The number of nitrogens with two attached hydrogens (primary N) is 1. The Hall–Kier alpha value is -5.17. The highest BCUT2D eigenvalue weighted by Crippen LogP contribution is 2.34. The smallest absolute Gasteiger partial charge is 0.280 e. The Bertz CT molecular complexity index is 2150. The molecule has 0 aliphatic heterocycles. The summed E-state index contributed by atoms with van der Waals surface area (Å²) in [5, 5.41) is 27.8. The lowest BCUT2D eigenvalue weighted by molar-refractivity contribution is -0.383. The summed E-state index contributed by atoms with van der Waals surface area (Å²) in [6, 6.07) is 18.3. The van der Waals surface area contributed by atoms with E-state index in [0.717, 1.165) is 0 Å². The molecule has 0 amide bonds. The largest absolute Gasteiger partial charge is 0.399 e. The number of hydrogen-bond donors (Lipinski definition) is 2. The molecule has 48 heavy (non-hydrogen) atoms. The molecular formula is C33H27Cl3F2N6O4. The van der Waals surface area contributed by atoms with Crippen LogP contribution in [0, 0.1) is 45.7 Å². The van der Waals surface area contributed by atoms with Crippen LogP contribution in [-0.4, -0.2) is 19.8 Å². The molecule has 0 saturated carbocycles. The molecule has 0 aliphatic carbocycles. The molecular weight excluding hydrogens is 689 g/mol. The van der Waals surface area contributed by atoms with Crippen molar-refractivity contribution in [3.63, 3.8) is 0 Å². The maximum absolute atomic E-state index is 13.2. The number of aromatic nitrogens is 2. The summed E-state index contributed by atoms with van der Waals surface area (Å²) in [6.45, 7) is 3.39. The van der Waals surface area contributed by atoms with Crippen LogP contribution in [0.1, 0.15) is 18.6 Å². The van der Waals surface area contributed by atoms with E-state index < -0.39 is 21.5 Å². The first-order chi connectivity index (χ1) is 22.3. The van der Waals surface area contributed by atoms with E-state index in [1.165, 1.54) is 48.8 Å². The maximum Gasteiger partial charge on any atom is 0.280 e. The molecule has 15 heteroatoms. The highest BCUT2D eigenvalue weighted by molar-refractivity contribution is 6.34. The molecule has 0 unspecified atom stereocenters. The molecule has 0 bridgehead atoms. The third kappa shape index (κ3) is 8.59. The Balaban J connectivity index is 0.000000214. The van der Waals surface area contributed by atoms with Crippen molar-refractivity contribution in [1.82, 2.24) is 9.97 Å². The van der Waals surface area contributed by atoms with Crippen molar-refractivity contribution in [3.05, 3.63) is 143 Å². The monoisotopic (exact) mass is 714 g/mol. The highest BCUT2D eigenvalue weighted by atomic mass is 35.5. The Morgan fingerprint density at radius 2 is 1.19 bits per heavy atom. The van der Waals surface area contributed by atoms with Gasteiger partial charge in [-0.1, -0.05) is 60.4 Å². The van der Waals surface area contributed by atoms with E-state index in [2.05, 4.69) is 15.3 Å². The summed E-state index contributed by atoms with van der Waals surface area (Å²) in [5.41, 5.74) is 7.63. The van der Waals surface area contributed by atoms with Crippen molar-refractivity contribution in [1.29, 1.82) is 0 Å². The van der Waals surface area contributed by atoms with Gasteiger partial charge >= 0.3 is 0 Å². The number of pyridine rings is 2. The predicted octanol–water partition coefficient (Wildman–Crippen LogP) is 10.8. The van der Waals surface area contributed by atoms with Gasteiger partial charge in [0.1, 0.15) is 22.6 Å². The van der Waals surface area contributed by atoms with Gasteiger partial charge in [0.15, 0.2) is 0 Å². The first-order valence-corrected chi connectivity index (χ1v) is 14.6. The molecule has 4 aromatic carbocycles. The van der Waals surface area contributed by atoms with E-state index >= 15 is 0 Å². The number of rotatable bonds is 4. The molecule has 6 rings (SSSR count). The van der Waals surface area contributed by atoms with Gasteiger partial charge in [-0.15, -0.1) is 0 Å². The number of hydrogen-bond acceptors (Lipinski definition) is 8. The van der Waals surface area contributed by atoms with Crippen molar-refractivity contribution < 1.29 is 18.6 Å². The van der Waals surface area contributed by atoms with Gasteiger partial charge in [-0.25, -0.2) is 18.7 Å². The molecule has 0 aliphatic rings. The normalized spacial score (nSPS) is 10.2. The Morgan fingerprint density at radius 1 is 0.688 bits per heavy atom. The van der Waals surface area contributed by atoms with Crippen molar-refractivity contribution in [3.8, 4) is 0 Å². The van der Waals surface area contributed by atoms with Crippen LogP contribution in [0.3, 0.4) is 0 Å². The summed E-state index contributed by atoms with van der Waals surface area (Å²) in [7, 11) is 0. The minimum absolute atomic E-state index is 0. The zero-order valence-corrected chi connectivity index (χ0v) is 26.7. The maximum atomic E-state index is 13.2. The fraction of sp³-hybridized carbons (Fsp3) is 0.0909. The van der Waals surface area contributed by atoms with E-state index in [4.69, 9.17) is 40.5 Å². The van der Waals surface area contributed by atoms with Gasteiger partial charge in [-0.2, -0.15) is 0 Å². The van der Waals surface area contributed by atoms with Crippen LogP contribution >= 0.6 is 34.8 Å². The standard InChI is InChI=1S/C16H11ClFN3O2.C10H7ClN2O2.C6H5ClFN.CH4/c1-9-2-4-12-11(15(9)21(22)23)6-7-19-16(12)20-10-3-5-14(18)13(17)8-10;1-6-2-3-8-7(9(6)13(14)15)4-5-12-10(8)11;7-5-3-4(9)1-2-6(5)8;/h2-8H,1H3,(H,19,20);2-5H,1H3;1-3H,9H2;1H4. The van der Waals surface area contributed by atoms with E-state index in [1.807, 2.05) is 0 Å². The third-order valence-corrected chi connectivity index (χ3v) is 7.56. The lowest BCUT2D eigenvalue weighted by Crippen LogP contribution is -1.98. The summed E-state index contributed by atoms with van der Waals surface area (Å²) >= 11 is 17.0. The number of aryl methyl sites for hydroxylation is 2. The lowest BCUT2D eigenvalue weighted by atomic mass is 10.1. The average molecular weight is 716 g/mol. The van der Waals surface area contributed by atoms with Gasteiger partial charge in [-0.05, 0) is 68.4 Å². The first-order valence-electron chi connectivity index (χ1n) is 13.4. The van der Waals surface area contributed by atoms with Crippen LogP contribution in [0.4, 0.5) is 37.3 Å². The summed E-state index contributed by atoms with van der Waals surface area (Å²) < 4.78 is 25.5. The van der Waals surface area contributed by atoms with E-state index in [1.54, 1.807) is 50.2 Å². The molecule has 6 aromatic rings. The number of nitrogen functional groups attached to an aromatic ring is 1. The Morgan fingerprint density at radius 3 is 1.71 bits per heavy atom. The quantitative estimate of drug-likeness (QED) is 0.0792. The van der Waals surface area contributed by atoms with Crippen molar-refractivity contribution in [2.75, 3.05) is 11.1 Å². The molecule has 0 saturated heterocycles. The lowest BCUT2D eigenvalue weighted by Gasteiger charge is -2.10. The summed E-state index contributed by atoms with van der Waals surface area (Å²) in [4.78, 5) is 29.5. The van der Waals surface area contributed by atoms with Crippen molar-refractivity contribution in [2.24, 2.45) is 0 Å². The van der Waals surface area contributed by atoms with Crippen LogP contribution in [0.15, 0.2) is 85.2 Å². The molecule has 0 fully saturated rings. The van der Waals surface area contributed by atoms with Crippen LogP contribution in [0.25, 0.3) is 21.5 Å². The molecule has 0 spiro atoms. The van der Waals surface area contributed by atoms with Gasteiger partial charge in [0, 0.05) is 45.7 Å². The fourth-order valence-corrected chi connectivity index (χ4v) is 5.06. The fourth-order valence-electron chi connectivity index (χ4n) is 4.47. The zero-order valence-electron chi connectivity index (χ0n) is 24.5. The number of halogens is 5. The van der Waals surface area contributed by atoms with Gasteiger partial charge in [0.05, 0.1) is 30.7 Å². The topological polar surface area (TPSA) is 150 Å². The SMILES string of the molecule is C.Cc1ccc2c(Cl)nccc2c1[N+](=O)[O-].Cc1ccc2c(Nc3ccc(F)c(Cl)c3)nccc2c1[N+](=O)[O-].Nc1ccc(F)c(Cl)c1. The third-order valence-electron chi connectivity index (χ3n) is 6.68. The Labute approximate surface area is 288 Å². The van der Waals surface area contributed by atoms with Gasteiger partial charge in [0.2, 0.25) is 0 Å². The number of fused-ring (bicyclic) bond motifs is 2. The Kier molecular flexibility index (Phi) is 12.5. The molecule has 0 radical (unpaired) electrons. The zero-order chi connectivity index (χ0) is 34.4. The second-order valence-electron chi connectivity index (χ2n) is 9.86. The van der Waals surface area contributed by atoms with E-state index in [0.29, 0.717) is 49.9 Å². The van der Waals surface area contributed by atoms with Crippen LogP contribution in [-0.2, 0) is 0 Å². The number of anilines is 3. The van der Waals surface area contributed by atoms with Crippen LogP contribution in [0.2, 0.25) is 15.2 Å². The molecule has 2 heterocycles.